The molecule has 0 aliphatic carbocycles. The first-order valence-electron chi connectivity index (χ1n) is 41.7. The number of aromatic nitrogens is 5. The first-order chi connectivity index (χ1) is 59.1. The van der Waals surface area contributed by atoms with E-state index in [1.54, 1.807) is 53.5 Å². The molecule has 0 radical (unpaired) electrons. The number of amides is 11. The number of carboxylic acid groups (broad SMARTS) is 3. The summed E-state index contributed by atoms with van der Waals surface area (Å²) in [4.78, 5) is 198. The Kier molecular flexibility index (Phi) is 39.0. The molecule has 0 bridgehead atoms. The number of unbranched alkanes of at least 4 members (excludes halogenated alkanes) is 12. The fraction of sp³-hybridized carbons (Fsp3) is 0.500. The maximum absolute atomic E-state index is 15.6. The lowest BCUT2D eigenvalue weighted by Crippen LogP contribution is -2.67. The van der Waals surface area contributed by atoms with Gasteiger partial charge in [-0.25, -0.2) is 14.1 Å². The van der Waals surface area contributed by atoms with Crippen molar-refractivity contribution >= 4 is 82.9 Å². The molecule has 1 fully saturated rings. The number of primary amides is 1. The highest BCUT2D eigenvalue weighted by molar-refractivity contribution is 6.01. The number of carbonyl (C=O) groups is 14. The number of nitrogens with zero attached hydrogens (tertiary/aromatic N) is 5. The number of benzene rings is 4. The molecule has 38 heteroatoms. The Labute approximate surface area is 716 Å². The van der Waals surface area contributed by atoms with E-state index in [2.05, 4.69) is 68.1 Å². The smallest absolute Gasteiger partial charge is 0.305 e. The summed E-state index contributed by atoms with van der Waals surface area (Å²) in [6.07, 6.45) is 12.3. The van der Waals surface area contributed by atoms with E-state index in [0.29, 0.717) is 35.3 Å². The predicted molar refractivity (Wildman–Crippen MR) is 448 cm³/mol. The number of aromatic amines is 1. The standard InChI is InChI=1S/C86H116FN17O20/c1-52(106)73(100-83(123)85(3,46-58-26-21-22-28-62(58)87)101-81(121)74(53(2)107)99-69(108)49-91-76(116)64(38-39-71(111)112)98-84(124)86(4)40-23-41-103(86)82(122)63(88)44-59-47-90-51-92-59)80(120)97-68(50-105)79(119)96-67(45-72(113)114)78(118)95-66(77(117)94-65(75(89)115)42-54-30-34-57(35-31-54)56-24-17-16-18-25-56)43-55-32-36-60(37-33-55)104-61(48-93-102-104)27-19-14-12-10-8-6-5-7-9-11-13-15-20-29-70(109)110/h16-18,21-22,24-26,28,30-37,47-48,51-53,63-68,73-74,105-107H,5-15,19-20,23,27,29,38-46,49-50,88H2,1-4H3,(H2,89,115)(H,90,92)(H,91,116)(H,94,117)(H,95,118)(H,96,119)(H,97,120)(H,98,124)(H,99,108)(H,100,123)(H,101,121)(H,109,110)(H,111,112)(H,113,114)/t52-,53-,63+,64+,65+,66+,67+,68+,73+,74+,85?,86+/m1/s1. The molecule has 37 nitrogen and oxygen atoms in total. The van der Waals surface area contributed by atoms with Crippen molar-refractivity contribution in [2.75, 3.05) is 19.7 Å². The lowest BCUT2D eigenvalue weighted by Gasteiger charge is -2.36. The largest absolute Gasteiger partial charge is 0.481 e. The number of imidazole rings is 1. The summed E-state index contributed by atoms with van der Waals surface area (Å²) in [6.45, 7) is 2.38. The number of hydrogen-bond acceptors (Lipinski definition) is 21. The summed E-state index contributed by atoms with van der Waals surface area (Å²) < 4.78 is 17.3. The van der Waals surface area contributed by atoms with Crippen molar-refractivity contribution in [3.05, 3.63) is 156 Å². The van der Waals surface area contributed by atoms with E-state index in [9.17, 15) is 92.7 Å². The maximum atomic E-state index is 15.6. The van der Waals surface area contributed by atoms with Crippen LogP contribution in [0.2, 0.25) is 0 Å². The number of likely N-dealkylation sites (tertiary alicyclic amines) is 1. The number of carboxylic acids is 3. The van der Waals surface area contributed by atoms with Crippen LogP contribution in [-0.4, -0.2) is 235 Å². The monoisotopic (exact) mass is 1730 g/mol. The third kappa shape index (κ3) is 30.9. The van der Waals surface area contributed by atoms with Gasteiger partial charge >= 0.3 is 17.9 Å². The van der Waals surface area contributed by atoms with Crippen molar-refractivity contribution in [2.45, 2.75) is 253 Å². The molecule has 4 aromatic carbocycles. The lowest BCUT2D eigenvalue weighted by atomic mass is 9.90. The maximum Gasteiger partial charge on any atom is 0.305 e. The molecule has 1 saturated heterocycles. The van der Waals surface area contributed by atoms with Crippen LogP contribution in [0.25, 0.3) is 16.8 Å². The highest BCUT2D eigenvalue weighted by Gasteiger charge is 2.48. The van der Waals surface area contributed by atoms with E-state index in [0.717, 1.165) is 127 Å². The number of aliphatic hydroxyl groups excluding tert-OH is 3. The quantitative estimate of drug-likeness (QED) is 0.0242. The van der Waals surface area contributed by atoms with Crippen molar-refractivity contribution < 1.29 is 102 Å². The minimum absolute atomic E-state index is 0.0257. The van der Waals surface area contributed by atoms with Crippen LogP contribution >= 0.6 is 0 Å². The molecule has 1 aliphatic rings. The normalized spacial score (nSPS) is 16.0. The molecule has 124 heavy (non-hydrogen) atoms. The van der Waals surface area contributed by atoms with Crippen molar-refractivity contribution in [3.8, 4) is 16.8 Å². The molecule has 1 aliphatic heterocycles. The predicted octanol–water partition coefficient (Wildman–Crippen LogP) is 1.83. The Morgan fingerprint density at radius 3 is 1.71 bits per heavy atom. The van der Waals surface area contributed by atoms with Crippen LogP contribution in [0.5, 0.6) is 0 Å². The van der Waals surface area contributed by atoms with E-state index >= 15 is 4.39 Å². The number of H-pyrrole nitrogens is 1. The fourth-order valence-corrected chi connectivity index (χ4v) is 14.5. The summed E-state index contributed by atoms with van der Waals surface area (Å²) in [5, 5.41) is 90.8. The van der Waals surface area contributed by atoms with Crippen LogP contribution in [0.1, 0.15) is 178 Å². The Morgan fingerprint density at radius 1 is 0.589 bits per heavy atom. The van der Waals surface area contributed by atoms with Gasteiger partial charge in [0.2, 0.25) is 65.0 Å². The average molecular weight is 1730 g/mol. The number of aliphatic hydroxyl groups is 3. The molecular weight excluding hydrogens is 1610 g/mol. The van der Waals surface area contributed by atoms with Crippen molar-refractivity contribution in [2.24, 2.45) is 11.5 Å². The molecule has 1 unspecified atom stereocenters. The second kappa shape index (κ2) is 49.0. The number of aliphatic carboxylic acids is 3. The van der Waals surface area contributed by atoms with Crippen molar-refractivity contribution in [1.82, 2.24) is 77.7 Å². The Bertz CT molecular complexity index is 4580. The zero-order valence-corrected chi connectivity index (χ0v) is 70.1. The Hall–Kier alpha value is -12.4. The molecule has 6 aromatic rings. The lowest BCUT2D eigenvalue weighted by molar-refractivity contribution is -0.146. The highest BCUT2D eigenvalue weighted by Crippen LogP contribution is 2.31. The van der Waals surface area contributed by atoms with Gasteiger partial charge in [-0.1, -0.05) is 161 Å². The minimum Gasteiger partial charge on any atom is -0.481 e. The number of carbonyl (C=O) groups excluding carboxylic acids is 11. The number of hydrogen-bond donors (Lipinski definition) is 18. The van der Waals surface area contributed by atoms with Crippen LogP contribution in [0.4, 0.5) is 4.39 Å². The zero-order chi connectivity index (χ0) is 90.6. The molecule has 0 spiro atoms. The van der Waals surface area contributed by atoms with Gasteiger partial charge in [-0.3, -0.25) is 67.1 Å². The van der Waals surface area contributed by atoms with Gasteiger partial charge in [0, 0.05) is 51.3 Å². The van der Waals surface area contributed by atoms with Gasteiger partial charge in [0.1, 0.15) is 59.2 Å². The van der Waals surface area contributed by atoms with Gasteiger partial charge in [0.15, 0.2) is 0 Å². The van der Waals surface area contributed by atoms with Crippen molar-refractivity contribution in [1.29, 1.82) is 0 Å². The molecule has 7 rings (SSSR count). The SMILES string of the molecule is C[C@@H](O)[C@H](NC(=O)CNC(=O)[C@H](CCC(=O)O)NC(=O)[C@]1(C)CCCN1C(=O)[C@@H](N)Cc1c[nH]cn1)C(=O)NC(C)(Cc1ccccc1F)C(=O)N[C@H](C(=O)N[C@@H](CO)C(=O)N[C@@H](CC(=O)O)C(=O)N[C@@H](Cc1ccc(-n2nncc2CCCCCCCCCCCCCCCC(=O)O)cc1)C(=O)N[C@@H](Cc1ccc(-c2ccccc2)cc1)C(N)=O)[C@@H](C)O. The summed E-state index contributed by atoms with van der Waals surface area (Å²) in [5.74, 6) is -17.2. The second-order valence-electron chi connectivity index (χ2n) is 31.7. The summed E-state index contributed by atoms with van der Waals surface area (Å²) in [7, 11) is 0. The third-order valence-corrected chi connectivity index (χ3v) is 21.6. The number of rotatable bonds is 54. The minimum atomic E-state index is -2.44. The van der Waals surface area contributed by atoms with Gasteiger partial charge in [-0.05, 0) is 112 Å². The van der Waals surface area contributed by atoms with Crippen LogP contribution in [0.3, 0.4) is 0 Å². The second-order valence-corrected chi connectivity index (χ2v) is 31.7. The van der Waals surface area contributed by atoms with Gasteiger partial charge in [-0.2, -0.15) is 0 Å². The van der Waals surface area contributed by atoms with Gasteiger partial charge in [-0.15, -0.1) is 5.10 Å². The van der Waals surface area contributed by atoms with Crippen LogP contribution < -0.4 is 59.3 Å². The van der Waals surface area contributed by atoms with Crippen molar-refractivity contribution in [3.63, 3.8) is 0 Å². The van der Waals surface area contributed by atoms with E-state index in [1.165, 1.54) is 36.4 Å². The molecule has 12 atom stereocenters. The summed E-state index contributed by atoms with van der Waals surface area (Å²) in [5.41, 5.74) is 12.6. The topological polar surface area (TPSA) is 583 Å². The average Bonchev–Trinajstić information content (AvgIpc) is 1.57. The third-order valence-electron chi connectivity index (χ3n) is 21.6. The number of aryl methyl sites for hydroxylation is 1. The molecule has 11 amide bonds. The van der Waals surface area contributed by atoms with E-state index < -0.39 is 199 Å². The highest BCUT2D eigenvalue weighted by atomic mass is 19.1. The molecule has 20 N–H and O–H groups in total. The molecule has 0 saturated carbocycles. The van der Waals surface area contributed by atoms with Gasteiger partial charge in [0.05, 0.1) is 67.4 Å². The first kappa shape index (κ1) is 98.7. The molecular formula is C86H116FN17O20. The molecule has 672 valence electrons. The summed E-state index contributed by atoms with van der Waals surface area (Å²) >= 11 is 0. The number of halogens is 1. The zero-order valence-electron chi connectivity index (χ0n) is 70.1. The Morgan fingerprint density at radius 2 is 1.13 bits per heavy atom. The number of nitrogens with two attached hydrogens (primary N) is 2. The van der Waals surface area contributed by atoms with Crippen LogP contribution in [0.15, 0.2) is 122 Å². The number of nitrogens with one attached hydrogen (secondary N) is 10. The molecule has 2 aromatic heterocycles. The van der Waals surface area contributed by atoms with E-state index in [1.807, 2.05) is 42.5 Å². The Balaban J connectivity index is 1.02. The van der Waals surface area contributed by atoms with Gasteiger partial charge < -0.3 is 99.8 Å². The first-order valence-corrected chi connectivity index (χ1v) is 41.7. The van der Waals surface area contributed by atoms with Crippen LogP contribution in [-0.2, 0) is 99.2 Å². The van der Waals surface area contributed by atoms with Gasteiger partial charge in [0.25, 0.3) is 0 Å². The summed E-state index contributed by atoms with van der Waals surface area (Å²) in [6, 6.07) is 14.0. The fourth-order valence-electron chi connectivity index (χ4n) is 14.5. The van der Waals surface area contributed by atoms with E-state index in [4.69, 9.17) is 16.6 Å². The molecule has 3 heterocycles. The van der Waals surface area contributed by atoms with Crippen LogP contribution in [0, 0.1) is 5.82 Å². The van der Waals surface area contributed by atoms with E-state index in [-0.39, 0.29) is 44.2 Å².